The minimum atomic E-state index is -4.53. The number of amides is 1. The summed E-state index contributed by atoms with van der Waals surface area (Å²) in [5, 5.41) is 11.9. The van der Waals surface area contributed by atoms with Crippen LogP contribution in [0.5, 0.6) is 0 Å². The van der Waals surface area contributed by atoms with Crippen LogP contribution in [0.25, 0.3) is 0 Å². The fraction of sp³-hybridized carbons (Fsp3) is 0.250. The van der Waals surface area contributed by atoms with Gasteiger partial charge in [-0.2, -0.15) is 13.2 Å². The summed E-state index contributed by atoms with van der Waals surface area (Å²) >= 11 is 5.82. The summed E-state index contributed by atoms with van der Waals surface area (Å²) in [4.78, 5) is 16.2. The lowest BCUT2D eigenvalue weighted by Gasteiger charge is -2.20. The number of hydrogen-bond acceptors (Lipinski definition) is 3. The first-order valence-corrected chi connectivity index (χ1v) is 7.35. The number of anilines is 1. The van der Waals surface area contributed by atoms with Gasteiger partial charge in [-0.15, -0.1) is 0 Å². The van der Waals surface area contributed by atoms with Gasteiger partial charge in [0.05, 0.1) is 30.8 Å². The largest absolute Gasteiger partial charge is 0.392 e. The molecule has 0 aliphatic rings. The van der Waals surface area contributed by atoms with E-state index >= 15 is 0 Å². The van der Waals surface area contributed by atoms with Crippen LogP contribution in [0.3, 0.4) is 0 Å². The highest BCUT2D eigenvalue weighted by atomic mass is 35.5. The van der Waals surface area contributed by atoms with Crippen molar-refractivity contribution in [1.29, 1.82) is 0 Å². The minimum Gasteiger partial charge on any atom is -0.392 e. The molecule has 8 heteroatoms. The maximum atomic E-state index is 12.9. The molecule has 0 radical (unpaired) electrons. The average molecular weight is 359 g/mol. The van der Waals surface area contributed by atoms with Gasteiger partial charge in [0.2, 0.25) is 5.91 Å². The number of halogens is 4. The number of nitrogens with one attached hydrogen (secondary N) is 1. The molecule has 0 saturated heterocycles. The van der Waals surface area contributed by atoms with Gasteiger partial charge in [-0.3, -0.25) is 9.78 Å². The number of pyridine rings is 1. The molecule has 128 valence electrons. The zero-order valence-electron chi connectivity index (χ0n) is 12.3. The second-order valence-corrected chi connectivity index (χ2v) is 5.54. The lowest BCUT2D eigenvalue weighted by atomic mass is 9.94. The third-order valence-corrected chi connectivity index (χ3v) is 3.58. The van der Waals surface area contributed by atoms with Crippen molar-refractivity contribution >= 4 is 23.2 Å². The van der Waals surface area contributed by atoms with Gasteiger partial charge in [0.15, 0.2) is 0 Å². The first-order valence-electron chi connectivity index (χ1n) is 6.97. The van der Waals surface area contributed by atoms with Crippen LogP contribution in [0, 0.1) is 0 Å². The molecule has 0 aliphatic carbocycles. The minimum absolute atomic E-state index is 0.159. The van der Waals surface area contributed by atoms with Crippen molar-refractivity contribution in [2.24, 2.45) is 0 Å². The van der Waals surface area contributed by atoms with Gasteiger partial charge in [0.25, 0.3) is 0 Å². The summed E-state index contributed by atoms with van der Waals surface area (Å²) < 4.78 is 38.6. The van der Waals surface area contributed by atoms with Crippen LogP contribution >= 0.6 is 11.6 Å². The van der Waals surface area contributed by atoms with Gasteiger partial charge >= 0.3 is 6.18 Å². The zero-order valence-corrected chi connectivity index (χ0v) is 13.1. The highest BCUT2D eigenvalue weighted by Gasteiger charge is 2.36. The number of rotatable bonds is 5. The van der Waals surface area contributed by atoms with Crippen LogP contribution < -0.4 is 5.32 Å². The van der Waals surface area contributed by atoms with E-state index in [0.717, 1.165) is 0 Å². The van der Waals surface area contributed by atoms with Gasteiger partial charge in [-0.1, -0.05) is 23.7 Å². The van der Waals surface area contributed by atoms with E-state index in [1.54, 1.807) is 0 Å². The van der Waals surface area contributed by atoms with Gasteiger partial charge in [-0.05, 0) is 23.8 Å². The summed E-state index contributed by atoms with van der Waals surface area (Å²) in [5.41, 5.74) is 0.682. The molecule has 24 heavy (non-hydrogen) atoms. The topological polar surface area (TPSA) is 62.2 Å². The van der Waals surface area contributed by atoms with Gasteiger partial charge < -0.3 is 10.4 Å². The van der Waals surface area contributed by atoms with Gasteiger partial charge in [0, 0.05) is 16.8 Å². The Balaban J connectivity index is 2.31. The van der Waals surface area contributed by atoms with Crippen LogP contribution in [0.4, 0.5) is 18.9 Å². The number of carbonyl (C=O) groups is 1. The Morgan fingerprint density at radius 2 is 2.08 bits per heavy atom. The smallest absolute Gasteiger partial charge is 0.390 e. The number of benzene rings is 1. The number of hydrogen-bond donors (Lipinski definition) is 2. The van der Waals surface area contributed by atoms with Gasteiger partial charge in [-0.25, -0.2) is 0 Å². The lowest BCUT2D eigenvalue weighted by molar-refractivity contribution is -0.146. The van der Waals surface area contributed by atoms with E-state index in [9.17, 15) is 23.1 Å². The van der Waals surface area contributed by atoms with Crippen molar-refractivity contribution in [2.45, 2.75) is 25.1 Å². The molecule has 1 amide bonds. The molecule has 4 nitrogen and oxygen atoms in total. The van der Waals surface area contributed by atoms with E-state index < -0.39 is 24.4 Å². The SMILES string of the molecule is O=C(Nc1cnccc1CO)C(CC(F)(F)F)c1cccc(Cl)c1. The molecule has 1 heterocycles. The van der Waals surface area contributed by atoms with Crippen molar-refractivity contribution in [3.63, 3.8) is 0 Å². The number of aromatic nitrogens is 1. The number of aliphatic hydroxyl groups excluding tert-OH is 1. The highest BCUT2D eigenvalue weighted by Crippen LogP contribution is 2.33. The van der Waals surface area contributed by atoms with Crippen LogP contribution in [0.15, 0.2) is 42.7 Å². The Hall–Kier alpha value is -2.12. The van der Waals surface area contributed by atoms with E-state index in [-0.39, 0.29) is 22.9 Å². The first-order chi connectivity index (χ1) is 11.3. The van der Waals surface area contributed by atoms with Crippen LogP contribution in [-0.4, -0.2) is 22.2 Å². The summed E-state index contributed by atoms with van der Waals surface area (Å²) in [5.74, 6) is -2.31. The summed E-state index contributed by atoms with van der Waals surface area (Å²) in [7, 11) is 0. The standard InChI is InChI=1S/C16H14ClF3N2O2/c17-12-3-1-2-10(6-12)13(7-16(18,19)20)15(24)22-14-8-21-5-4-11(14)9-23/h1-6,8,13,23H,7,9H2,(H,22,24). The summed E-state index contributed by atoms with van der Waals surface area (Å²) in [6.45, 7) is -0.376. The zero-order chi connectivity index (χ0) is 17.7. The molecule has 2 aromatic rings. The first kappa shape index (κ1) is 18.2. The van der Waals surface area contributed by atoms with Crippen molar-refractivity contribution in [3.8, 4) is 0 Å². The predicted molar refractivity (Wildman–Crippen MR) is 83.7 cm³/mol. The molecule has 0 fully saturated rings. The van der Waals surface area contributed by atoms with Crippen LogP contribution in [0.2, 0.25) is 5.02 Å². The Morgan fingerprint density at radius 1 is 1.33 bits per heavy atom. The van der Waals surface area contributed by atoms with Crippen LogP contribution in [0.1, 0.15) is 23.5 Å². The molecule has 0 spiro atoms. The Labute approximate surface area is 141 Å². The normalized spacial score (nSPS) is 12.7. The monoisotopic (exact) mass is 358 g/mol. The molecule has 1 unspecified atom stereocenters. The van der Waals surface area contributed by atoms with E-state index in [0.29, 0.717) is 5.56 Å². The molecule has 1 atom stereocenters. The number of alkyl halides is 3. The second kappa shape index (κ2) is 7.63. The lowest BCUT2D eigenvalue weighted by Crippen LogP contribution is -2.26. The molecule has 2 N–H and O–H groups in total. The van der Waals surface area contributed by atoms with E-state index in [4.69, 9.17) is 11.6 Å². The molecule has 0 aliphatic heterocycles. The second-order valence-electron chi connectivity index (χ2n) is 5.11. The van der Waals surface area contributed by atoms with E-state index in [1.807, 2.05) is 0 Å². The third kappa shape index (κ3) is 4.94. The summed E-state index contributed by atoms with van der Waals surface area (Å²) in [6.07, 6.45) is -3.18. The number of aliphatic hydroxyl groups is 1. The predicted octanol–water partition coefficient (Wildman–Crippen LogP) is 3.90. The van der Waals surface area contributed by atoms with Crippen molar-refractivity contribution < 1.29 is 23.1 Å². The van der Waals surface area contributed by atoms with Gasteiger partial charge in [0.1, 0.15) is 0 Å². The average Bonchev–Trinajstić information content (AvgIpc) is 2.52. The highest BCUT2D eigenvalue weighted by molar-refractivity contribution is 6.30. The third-order valence-electron chi connectivity index (χ3n) is 3.34. The number of carbonyl (C=O) groups excluding carboxylic acids is 1. The fourth-order valence-corrected chi connectivity index (χ4v) is 2.41. The Bertz CT molecular complexity index is 722. The fourth-order valence-electron chi connectivity index (χ4n) is 2.21. The van der Waals surface area contributed by atoms with Crippen LogP contribution in [-0.2, 0) is 11.4 Å². The van der Waals surface area contributed by atoms with E-state index in [1.165, 1.54) is 42.7 Å². The number of nitrogens with zero attached hydrogens (tertiary/aromatic N) is 1. The molecule has 1 aromatic heterocycles. The summed E-state index contributed by atoms with van der Waals surface area (Å²) in [6, 6.07) is 7.20. The molecule has 2 rings (SSSR count). The molecular formula is C16H14ClF3N2O2. The van der Waals surface area contributed by atoms with E-state index in [2.05, 4.69) is 10.3 Å². The Kier molecular flexibility index (Phi) is 5.80. The van der Waals surface area contributed by atoms with Crippen molar-refractivity contribution in [2.75, 3.05) is 5.32 Å². The molecule has 1 aromatic carbocycles. The maximum Gasteiger partial charge on any atom is 0.390 e. The maximum absolute atomic E-state index is 12.9. The quantitative estimate of drug-likeness (QED) is 0.852. The molecule has 0 bridgehead atoms. The molecule has 0 saturated carbocycles. The van der Waals surface area contributed by atoms with Crippen molar-refractivity contribution in [1.82, 2.24) is 4.98 Å². The van der Waals surface area contributed by atoms with Crippen molar-refractivity contribution in [3.05, 3.63) is 58.9 Å². The Morgan fingerprint density at radius 3 is 2.71 bits per heavy atom. The molecular weight excluding hydrogens is 345 g/mol.